The number of hydrogen-bond acceptors (Lipinski definition) is 4. The van der Waals surface area contributed by atoms with Gasteiger partial charge in [-0.05, 0) is 61.6 Å². The fraction of sp³-hybridized carbons (Fsp3) is 0.360. The lowest BCUT2D eigenvalue weighted by Gasteiger charge is -2.38. The Bertz CT molecular complexity index is 1100. The molecule has 32 heavy (non-hydrogen) atoms. The number of halogens is 1. The third kappa shape index (κ3) is 4.39. The average molecular weight is 438 g/mol. The molecule has 0 bridgehead atoms. The van der Waals surface area contributed by atoms with Crippen LogP contribution in [0.3, 0.4) is 0 Å². The van der Waals surface area contributed by atoms with Gasteiger partial charge in [0.05, 0.1) is 11.5 Å². The normalized spacial score (nSPS) is 20.8. The lowest BCUT2D eigenvalue weighted by Crippen LogP contribution is -2.44. The zero-order chi connectivity index (χ0) is 22.7. The van der Waals surface area contributed by atoms with E-state index in [-0.39, 0.29) is 12.7 Å². The topological polar surface area (TPSA) is 73.6 Å². The molecule has 1 N–H and O–H groups in total. The van der Waals surface area contributed by atoms with Crippen LogP contribution in [-0.2, 0) is 21.6 Å². The van der Waals surface area contributed by atoms with E-state index < -0.39 is 17.2 Å². The molecule has 0 radical (unpaired) electrons. The van der Waals surface area contributed by atoms with Crippen molar-refractivity contribution in [2.45, 2.75) is 51.2 Å². The Morgan fingerprint density at radius 1 is 1.31 bits per heavy atom. The van der Waals surface area contributed by atoms with Gasteiger partial charge in [-0.1, -0.05) is 19.1 Å². The number of aliphatic carboxylic acids is 1. The summed E-state index contributed by atoms with van der Waals surface area (Å²) in [5, 5.41) is 10.0. The fourth-order valence-electron chi connectivity index (χ4n) is 4.28. The minimum absolute atomic E-state index is 0.162. The Hall–Kier alpha value is -3.19. The van der Waals surface area contributed by atoms with E-state index in [1.165, 1.54) is 12.1 Å². The lowest BCUT2D eigenvalue weighted by molar-refractivity contribution is -0.150. The molecule has 0 aliphatic carbocycles. The van der Waals surface area contributed by atoms with Crippen molar-refractivity contribution < 1.29 is 23.8 Å². The van der Waals surface area contributed by atoms with Crippen LogP contribution in [0.4, 0.5) is 4.39 Å². The minimum atomic E-state index is -1.18. The van der Waals surface area contributed by atoms with Gasteiger partial charge in [-0.25, -0.2) is 9.37 Å². The lowest BCUT2D eigenvalue weighted by atomic mass is 9.72. The summed E-state index contributed by atoms with van der Waals surface area (Å²) in [6, 6.07) is 12.1. The number of carbonyl (C=O) groups is 1. The average Bonchev–Trinajstić information content (AvgIpc) is 3.23. The second kappa shape index (κ2) is 9.12. The summed E-state index contributed by atoms with van der Waals surface area (Å²) in [5.74, 6) is -0.258. The van der Waals surface area contributed by atoms with Crippen LogP contribution in [0.2, 0.25) is 0 Å². The molecular weight excluding hydrogens is 411 g/mol. The Balaban J connectivity index is 1.53. The molecule has 2 aromatic carbocycles. The number of benzene rings is 2. The number of carboxylic acid groups (broad SMARTS) is 1. The molecule has 1 aromatic heterocycles. The number of ether oxygens (including phenoxy) is 2. The van der Waals surface area contributed by atoms with E-state index in [1.54, 1.807) is 12.3 Å². The number of imidazole rings is 1. The summed E-state index contributed by atoms with van der Waals surface area (Å²) in [6.07, 6.45) is 4.81. The van der Waals surface area contributed by atoms with Crippen LogP contribution in [0, 0.1) is 12.7 Å². The van der Waals surface area contributed by atoms with Crippen LogP contribution < -0.4 is 4.74 Å². The molecule has 3 aromatic rings. The molecular formula is C25H27FN2O4. The van der Waals surface area contributed by atoms with E-state index in [0.717, 1.165) is 17.1 Å². The van der Waals surface area contributed by atoms with Gasteiger partial charge in [0.15, 0.2) is 0 Å². The second-order valence-electron chi connectivity index (χ2n) is 8.22. The van der Waals surface area contributed by atoms with Gasteiger partial charge in [0.2, 0.25) is 0 Å². The molecule has 168 valence electrons. The van der Waals surface area contributed by atoms with Crippen molar-refractivity contribution >= 4 is 5.97 Å². The van der Waals surface area contributed by atoms with Crippen molar-refractivity contribution in [1.82, 2.24) is 9.55 Å². The molecule has 1 saturated heterocycles. The van der Waals surface area contributed by atoms with Gasteiger partial charge < -0.3 is 19.1 Å². The Labute approximate surface area is 186 Å². The molecule has 1 aliphatic heterocycles. The maximum atomic E-state index is 14.5. The highest BCUT2D eigenvalue weighted by molar-refractivity contribution is 5.81. The Kier molecular flexibility index (Phi) is 6.28. The monoisotopic (exact) mass is 438 g/mol. The van der Waals surface area contributed by atoms with Gasteiger partial charge in [0.25, 0.3) is 0 Å². The third-order valence-electron chi connectivity index (χ3n) is 6.19. The molecule has 4 rings (SSSR count). The van der Waals surface area contributed by atoms with Crippen LogP contribution in [0.1, 0.15) is 43.1 Å². The van der Waals surface area contributed by atoms with Gasteiger partial charge in [-0.2, -0.15) is 0 Å². The number of rotatable bonds is 7. The first kappa shape index (κ1) is 22.0. The van der Waals surface area contributed by atoms with Crippen molar-refractivity contribution in [3.63, 3.8) is 0 Å². The molecule has 2 heterocycles. The van der Waals surface area contributed by atoms with Gasteiger partial charge >= 0.3 is 5.97 Å². The zero-order valence-corrected chi connectivity index (χ0v) is 18.3. The largest absolute Gasteiger partial charge is 0.489 e. The molecule has 0 spiro atoms. The maximum Gasteiger partial charge on any atom is 0.314 e. The summed E-state index contributed by atoms with van der Waals surface area (Å²) in [7, 11) is 0. The van der Waals surface area contributed by atoms with E-state index in [9.17, 15) is 14.3 Å². The molecule has 1 aliphatic rings. The highest BCUT2D eigenvalue weighted by Gasteiger charge is 2.45. The van der Waals surface area contributed by atoms with Gasteiger partial charge in [-0.15, -0.1) is 0 Å². The second-order valence-corrected chi connectivity index (χ2v) is 8.22. The number of hydrogen-bond donors (Lipinski definition) is 1. The highest BCUT2D eigenvalue weighted by Crippen LogP contribution is 2.40. The summed E-state index contributed by atoms with van der Waals surface area (Å²) in [4.78, 5) is 16.5. The van der Waals surface area contributed by atoms with Gasteiger partial charge in [0, 0.05) is 30.8 Å². The van der Waals surface area contributed by atoms with E-state index in [2.05, 4.69) is 4.98 Å². The fourth-order valence-corrected chi connectivity index (χ4v) is 4.28. The van der Waals surface area contributed by atoms with Crippen LogP contribution >= 0.6 is 0 Å². The molecule has 0 saturated carbocycles. The first-order valence-corrected chi connectivity index (χ1v) is 10.8. The minimum Gasteiger partial charge on any atom is -0.489 e. The summed E-state index contributed by atoms with van der Waals surface area (Å²) in [6.45, 7) is 4.47. The van der Waals surface area contributed by atoms with Crippen molar-refractivity contribution in [2.24, 2.45) is 0 Å². The molecule has 1 fully saturated rings. The number of nitrogens with zero attached hydrogens (tertiary/aromatic N) is 2. The predicted octanol–water partition coefficient (Wildman–Crippen LogP) is 4.81. The standard InChI is InChI=1S/C25H27FN2O4/c1-3-22-15-25(24(29)30,8-11-31-22)19-12-20(26)14-23(13-19)32-16-18-4-6-21(7-5-18)28-10-9-27-17(28)2/h4-7,9-10,12-14,22H,3,8,11,15-16H2,1-2H3,(H,29,30). The third-order valence-corrected chi connectivity index (χ3v) is 6.19. The first-order valence-electron chi connectivity index (χ1n) is 10.8. The first-order chi connectivity index (χ1) is 15.4. The van der Waals surface area contributed by atoms with Crippen LogP contribution in [-0.4, -0.2) is 33.3 Å². The SMILES string of the molecule is CCC1CC(C(=O)O)(c2cc(F)cc(OCc3ccc(-n4ccnc4C)cc3)c2)CCO1. The molecule has 6 nitrogen and oxygen atoms in total. The molecule has 0 amide bonds. The zero-order valence-electron chi connectivity index (χ0n) is 18.3. The van der Waals surface area contributed by atoms with Crippen molar-refractivity contribution in [1.29, 1.82) is 0 Å². The highest BCUT2D eigenvalue weighted by atomic mass is 19.1. The quantitative estimate of drug-likeness (QED) is 0.573. The van der Waals surface area contributed by atoms with Crippen LogP contribution in [0.25, 0.3) is 5.69 Å². The van der Waals surface area contributed by atoms with Crippen LogP contribution in [0.5, 0.6) is 5.75 Å². The van der Waals surface area contributed by atoms with Crippen molar-refractivity contribution in [2.75, 3.05) is 6.61 Å². The van der Waals surface area contributed by atoms with E-state index in [0.29, 0.717) is 37.2 Å². The number of carboxylic acids is 1. The predicted molar refractivity (Wildman–Crippen MR) is 118 cm³/mol. The maximum absolute atomic E-state index is 14.5. The smallest absolute Gasteiger partial charge is 0.314 e. The number of aromatic nitrogens is 2. The van der Waals surface area contributed by atoms with Crippen molar-refractivity contribution in [3.8, 4) is 11.4 Å². The van der Waals surface area contributed by atoms with Crippen LogP contribution in [0.15, 0.2) is 54.9 Å². The summed E-state index contributed by atoms with van der Waals surface area (Å²) >= 11 is 0. The van der Waals surface area contributed by atoms with E-state index in [4.69, 9.17) is 9.47 Å². The summed E-state index contributed by atoms with van der Waals surface area (Å²) in [5.41, 5.74) is 1.16. The van der Waals surface area contributed by atoms with Gasteiger partial charge in [-0.3, -0.25) is 4.79 Å². The molecule has 7 heteroatoms. The molecule has 2 atom stereocenters. The van der Waals surface area contributed by atoms with Gasteiger partial charge in [0.1, 0.15) is 24.0 Å². The van der Waals surface area contributed by atoms with E-state index >= 15 is 0 Å². The van der Waals surface area contributed by atoms with E-state index in [1.807, 2.05) is 48.9 Å². The van der Waals surface area contributed by atoms with Crippen molar-refractivity contribution in [3.05, 3.63) is 77.6 Å². The Morgan fingerprint density at radius 3 is 2.75 bits per heavy atom. The molecule has 2 unspecified atom stereocenters. The Morgan fingerprint density at radius 2 is 2.09 bits per heavy atom. The number of aryl methyl sites for hydroxylation is 1. The summed E-state index contributed by atoms with van der Waals surface area (Å²) < 4.78 is 28.0.